The van der Waals surface area contributed by atoms with Crippen molar-refractivity contribution in [2.45, 2.75) is 50.5 Å². The summed E-state index contributed by atoms with van der Waals surface area (Å²) >= 11 is 0. The smallest absolute Gasteiger partial charge is 0.325 e. The summed E-state index contributed by atoms with van der Waals surface area (Å²) in [6.07, 6.45) is 6.77. The first-order valence-electron chi connectivity index (χ1n) is 6.95. The molecule has 0 aromatic heterocycles. The number of urea groups is 1. The molecule has 1 aliphatic heterocycles. The topological polar surface area (TPSA) is 75.4 Å². The Bertz CT molecular complexity index is 384. The number of nitrogens with one attached hydrogen (secondary N) is 1. The maximum absolute atomic E-state index is 12.5. The number of carbonyl (C=O) groups excluding carboxylic acids is 2. The van der Waals surface area contributed by atoms with Gasteiger partial charge in [0.15, 0.2) is 0 Å². The van der Waals surface area contributed by atoms with Crippen LogP contribution in [0.15, 0.2) is 0 Å². The Hall–Kier alpha value is -1.10. The van der Waals surface area contributed by atoms with Gasteiger partial charge >= 0.3 is 6.03 Å². The SMILES string of the molecule is NCCC1(CN2C(=O)NC3(CCCC3)C2=O)CC1. The van der Waals surface area contributed by atoms with Crippen molar-refractivity contribution in [1.82, 2.24) is 10.2 Å². The third-order valence-electron chi connectivity index (χ3n) is 4.83. The minimum atomic E-state index is -0.560. The Morgan fingerprint density at radius 3 is 2.39 bits per heavy atom. The van der Waals surface area contributed by atoms with Gasteiger partial charge in [0.25, 0.3) is 5.91 Å². The molecule has 3 aliphatic rings. The van der Waals surface area contributed by atoms with Crippen molar-refractivity contribution in [3.8, 4) is 0 Å². The molecule has 1 saturated heterocycles. The number of nitrogens with two attached hydrogens (primary N) is 1. The van der Waals surface area contributed by atoms with Crippen LogP contribution in [0.25, 0.3) is 0 Å². The molecule has 3 N–H and O–H groups in total. The predicted molar refractivity (Wildman–Crippen MR) is 66.8 cm³/mol. The standard InChI is InChI=1S/C13H21N3O2/c14-8-7-12(5-6-12)9-16-10(17)13(15-11(16)18)3-1-2-4-13/h1-9,14H2,(H,15,18). The van der Waals surface area contributed by atoms with Crippen LogP contribution in [0.2, 0.25) is 0 Å². The number of amides is 3. The fraction of sp³-hybridized carbons (Fsp3) is 0.846. The molecular formula is C13H21N3O2. The quantitative estimate of drug-likeness (QED) is 0.731. The zero-order valence-corrected chi connectivity index (χ0v) is 10.7. The van der Waals surface area contributed by atoms with E-state index in [4.69, 9.17) is 5.73 Å². The molecule has 0 atom stereocenters. The fourth-order valence-electron chi connectivity index (χ4n) is 3.44. The first-order chi connectivity index (χ1) is 8.61. The summed E-state index contributed by atoms with van der Waals surface area (Å²) in [6, 6.07) is -0.190. The van der Waals surface area contributed by atoms with E-state index in [1.807, 2.05) is 0 Å². The average molecular weight is 251 g/mol. The van der Waals surface area contributed by atoms with E-state index in [9.17, 15) is 9.59 Å². The fourth-order valence-corrected chi connectivity index (χ4v) is 3.44. The molecule has 5 nitrogen and oxygen atoms in total. The van der Waals surface area contributed by atoms with E-state index in [2.05, 4.69) is 5.32 Å². The van der Waals surface area contributed by atoms with Crippen molar-refractivity contribution in [1.29, 1.82) is 0 Å². The zero-order valence-electron chi connectivity index (χ0n) is 10.7. The van der Waals surface area contributed by atoms with Crippen LogP contribution >= 0.6 is 0 Å². The molecular weight excluding hydrogens is 230 g/mol. The Balaban J connectivity index is 1.73. The summed E-state index contributed by atoms with van der Waals surface area (Å²) in [7, 11) is 0. The average Bonchev–Trinajstić information content (AvgIpc) is 2.86. The van der Waals surface area contributed by atoms with Crippen molar-refractivity contribution < 1.29 is 9.59 Å². The van der Waals surface area contributed by atoms with Crippen LogP contribution in [0.5, 0.6) is 0 Å². The van der Waals surface area contributed by atoms with Crippen LogP contribution in [0.3, 0.4) is 0 Å². The van der Waals surface area contributed by atoms with Crippen LogP contribution < -0.4 is 11.1 Å². The second-order valence-corrected chi connectivity index (χ2v) is 6.15. The van der Waals surface area contributed by atoms with Crippen LogP contribution in [0.1, 0.15) is 44.9 Å². The molecule has 0 radical (unpaired) electrons. The number of carbonyl (C=O) groups is 2. The first-order valence-corrected chi connectivity index (χ1v) is 6.95. The summed E-state index contributed by atoms with van der Waals surface area (Å²) in [6.45, 7) is 1.20. The summed E-state index contributed by atoms with van der Waals surface area (Å²) in [5.74, 6) is 0.00768. The molecule has 100 valence electrons. The molecule has 18 heavy (non-hydrogen) atoms. The third kappa shape index (κ3) is 1.72. The molecule has 1 heterocycles. The van der Waals surface area contributed by atoms with Gasteiger partial charge in [-0.15, -0.1) is 0 Å². The van der Waals surface area contributed by atoms with Gasteiger partial charge in [-0.05, 0) is 44.1 Å². The number of rotatable bonds is 4. The molecule has 0 aromatic carbocycles. The van der Waals surface area contributed by atoms with Crippen LogP contribution in [-0.2, 0) is 4.79 Å². The lowest BCUT2D eigenvalue weighted by molar-refractivity contribution is -0.131. The van der Waals surface area contributed by atoms with E-state index in [1.165, 1.54) is 4.90 Å². The minimum absolute atomic E-state index is 0.00768. The van der Waals surface area contributed by atoms with Crippen LogP contribution in [0, 0.1) is 5.41 Å². The largest absolute Gasteiger partial charge is 0.330 e. The van der Waals surface area contributed by atoms with Gasteiger partial charge in [0, 0.05) is 6.54 Å². The van der Waals surface area contributed by atoms with E-state index < -0.39 is 5.54 Å². The van der Waals surface area contributed by atoms with Gasteiger partial charge in [0.1, 0.15) is 5.54 Å². The Kier molecular flexibility index (Phi) is 2.62. The van der Waals surface area contributed by atoms with Gasteiger partial charge in [-0.1, -0.05) is 12.8 Å². The lowest BCUT2D eigenvalue weighted by Crippen LogP contribution is -2.44. The first kappa shape index (κ1) is 12.0. The highest BCUT2D eigenvalue weighted by Crippen LogP contribution is 2.50. The van der Waals surface area contributed by atoms with Gasteiger partial charge in [-0.25, -0.2) is 4.79 Å². The van der Waals surface area contributed by atoms with E-state index in [-0.39, 0.29) is 17.4 Å². The minimum Gasteiger partial charge on any atom is -0.330 e. The van der Waals surface area contributed by atoms with E-state index in [1.54, 1.807) is 0 Å². The second kappa shape index (κ2) is 3.95. The highest BCUT2D eigenvalue weighted by atomic mass is 16.2. The highest BCUT2D eigenvalue weighted by molar-refractivity contribution is 6.07. The summed E-state index contributed by atoms with van der Waals surface area (Å²) in [5, 5.41) is 2.93. The molecule has 3 amide bonds. The van der Waals surface area contributed by atoms with E-state index in [0.29, 0.717) is 13.1 Å². The maximum Gasteiger partial charge on any atom is 0.325 e. The second-order valence-electron chi connectivity index (χ2n) is 6.15. The van der Waals surface area contributed by atoms with Crippen LogP contribution in [0.4, 0.5) is 4.79 Å². The van der Waals surface area contributed by atoms with Crippen LogP contribution in [-0.4, -0.2) is 35.5 Å². The summed E-state index contributed by atoms with van der Waals surface area (Å²) < 4.78 is 0. The molecule has 3 fully saturated rings. The number of nitrogens with zero attached hydrogens (tertiary/aromatic N) is 1. The van der Waals surface area contributed by atoms with Gasteiger partial charge in [0.2, 0.25) is 0 Å². The molecule has 0 aromatic rings. The van der Waals surface area contributed by atoms with Gasteiger partial charge in [0.05, 0.1) is 0 Å². The van der Waals surface area contributed by atoms with Crippen molar-refractivity contribution in [2.24, 2.45) is 11.1 Å². The Morgan fingerprint density at radius 1 is 1.17 bits per heavy atom. The Morgan fingerprint density at radius 2 is 1.83 bits per heavy atom. The molecule has 3 rings (SSSR count). The lowest BCUT2D eigenvalue weighted by Gasteiger charge is -2.23. The molecule has 2 aliphatic carbocycles. The molecule has 0 bridgehead atoms. The van der Waals surface area contributed by atoms with Gasteiger partial charge in [-0.3, -0.25) is 9.69 Å². The third-order valence-corrected chi connectivity index (χ3v) is 4.83. The Labute approximate surface area is 107 Å². The molecule has 2 saturated carbocycles. The van der Waals surface area contributed by atoms with Gasteiger partial charge in [-0.2, -0.15) is 0 Å². The number of imide groups is 1. The maximum atomic E-state index is 12.5. The van der Waals surface area contributed by atoms with Crippen molar-refractivity contribution in [3.63, 3.8) is 0 Å². The van der Waals surface area contributed by atoms with Crippen molar-refractivity contribution >= 4 is 11.9 Å². The van der Waals surface area contributed by atoms with Gasteiger partial charge < -0.3 is 11.1 Å². The van der Waals surface area contributed by atoms with Crippen molar-refractivity contribution in [3.05, 3.63) is 0 Å². The predicted octanol–water partition coefficient (Wildman–Crippen LogP) is 0.980. The monoisotopic (exact) mass is 251 g/mol. The summed E-state index contributed by atoms with van der Waals surface area (Å²) in [5.41, 5.74) is 5.18. The number of hydrogen-bond donors (Lipinski definition) is 2. The van der Waals surface area contributed by atoms with Crippen molar-refractivity contribution in [2.75, 3.05) is 13.1 Å². The molecule has 1 spiro atoms. The summed E-state index contributed by atoms with van der Waals surface area (Å²) in [4.78, 5) is 25.9. The lowest BCUT2D eigenvalue weighted by atomic mass is 9.96. The highest BCUT2D eigenvalue weighted by Gasteiger charge is 2.55. The normalized spacial score (nSPS) is 27.9. The number of hydrogen-bond acceptors (Lipinski definition) is 3. The molecule has 5 heteroatoms. The van der Waals surface area contributed by atoms with E-state index >= 15 is 0 Å². The van der Waals surface area contributed by atoms with E-state index in [0.717, 1.165) is 44.9 Å². The zero-order chi connectivity index (χ0) is 12.8. The molecule has 0 unspecified atom stereocenters.